The van der Waals surface area contributed by atoms with E-state index < -0.39 is 5.60 Å². The van der Waals surface area contributed by atoms with Gasteiger partial charge in [-0.2, -0.15) is 0 Å². The number of nitrogens with zero attached hydrogens (tertiary/aromatic N) is 3. The molecule has 0 aromatic carbocycles. The summed E-state index contributed by atoms with van der Waals surface area (Å²) in [4.78, 5) is 22.2. The SMILES string of the molecule is CNC(=O)[C@]1(C)CN(Cc2cnc(OC)nc2)CCO1. The van der Waals surface area contributed by atoms with Crippen molar-refractivity contribution in [1.29, 1.82) is 0 Å². The molecule has 0 unspecified atom stereocenters. The van der Waals surface area contributed by atoms with Gasteiger partial charge in [-0.1, -0.05) is 0 Å². The molecule has 1 N–H and O–H groups in total. The number of methoxy groups -OCH3 is 1. The van der Waals surface area contributed by atoms with Gasteiger partial charge in [0.25, 0.3) is 5.91 Å². The second-order valence-corrected chi connectivity index (χ2v) is 4.95. The van der Waals surface area contributed by atoms with Crippen LogP contribution in [0.2, 0.25) is 0 Å². The van der Waals surface area contributed by atoms with E-state index in [-0.39, 0.29) is 5.91 Å². The van der Waals surface area contributed by atoms with Crippen molar-refractivity contribution in [3.05, 3.63) is 18.0 Å². The van der Waals surface area contributed by atoms with Gasteiger partial charge in [0.2, 0.25) is 0 Å². The van der Waals surface area contributed by atoms with Gasteiger partial charge in [-0.05, 0) is 6.92 Å². The molecule has 1 aromatic heterocycles. The Morgan fingerprint density at radius 2 is 2.25 bits per heavy atom. The highest BCUT2D eigenvalue weighted by molar-refractivity contribution is 5.84. The maximum atomic E-state index is 11.9. The van der Waals surface area contributed by atoms with Crippen LogP contribution in [0.5, 0.6) is 6.01 Å². The van der Waals surface area contributed by atoms with Gasteiger partial charge in [-0.15, -0.1) is 0 Å². The number of carbonyl (C=O) groups is 1. The fraction of sp³-hybridized carbons (Fsp3) is 0.615. The Morgan fingerprint density at radius 3 is 2.85 bits per heavy atom. The van der Waals surface area contributed by atoms with Crippen LogP contribution in [-0.2, 0) is 16.1 Å². The topological polar surface area (TPSA) is 76.6 Å². The lowest BCUT2D eigenvalue weighted by Gasteiger charge is -2.38. The summed E-state index contributed by atoms with van der Waals surface area (Å²) in [7, 11) is 3.15. The van der Waals surface area contributed by atoms with Crippen molar-refractivity contribution < 1.29 is 14.3 Å². The van der Waals surface area contributed by atoms with Gasteiger partial charge >= 0.3 is 6.01 Å². The lowest BCUT2D eigenvalue weighted by molar-refractivity contribution is -0.156. The molecule has 1 aromatic rings. The lowest BCUT2D eigenvalue weighted by atomic mass is 10.0. The summed E-state index contributed by atoms with van der Waals surface area (Å²) in [5.41, 5.74) is 0.173. The van der Waals surface area contributed by atoms with E-state index in [1.807, 2.05) is 6.92 Å². The first-order valence-electron chi connectivity index (χ1n) is 6.51. The van der Waals surface area contributed by atoms with E-state index in [0.717, 1.165) is 12.1 Å². The van der Waals surface area contributed by atoms with Gasteiger partial charge in [0.15, 0.2) is 5.60 Å². The molecule has 0 spiro atoms. The number of morpholine rings is 1. The molecule has 110 valence electrons. The molecule has 7 heteroatoms. The van der Waals surface area contributed by atoms with Crippen molar-refractivity contribution in [2.75, 3.05) is 33.9 Å². The third kappa shape index (κ3) is 3.23. The van der Waals surface area contributed by atoms with E-state index >= 15 is 0 Å². The predicted octanol–water partition coefficient (Wildman–Crippen LogP) is -0.178. The normalized spacial score (nSPS) is 23.4. The monoisotopic (exact) mass is 280 g/mol. The fourth-order valence-corrected chi connectivity index (χ4v) is 2.28. The summed E-state index contributed by atoms with van der Waals surface area (Å²) in [5, 5.41) is 2.64. The highest BCUT2D eigenvalue weighted by atomic mass is 16.5. The number of nitrogens with one attached hydrogen (secondary N) is 1. The largest absolute Gasteiger partial charge is 0.467 e. The summed E-state index contributed by atoms with van der Waals surface area (Å²) in [5.74, 6) is -0.104. The lowest BCUT2D eigenvalue weighted by Crippen LogP contribution is -2.57. The first kappa shape index (κ1) is 14.7. The number of likely N-dealkylation sites (N-methyl/N-ethyl adjacent to an activating group) is 1. The number of carbonyl (C=O) groups excluding carboxylic acids is 1. The van der Waals surface area contributed by atoms with Crippen LogP contribution in [0.3, 0.4) is 0 Å². The standard InChI is InChI=1S/C13H20N4O3/c1-13(11(18)14-2)9-17(4-5-20-13)8-10-6-15-12(19-3)16-7-10/h6-7H,4-5,8-9H2,1-3H3,(H,14,18)/t13-/m0/s1. The van der Waals surface area contributed by atoms with Gasteiger partial charge in [0, 0.05) is 44.6 Å². The van der Waals surface area contributed by atoms with Gasteiger partial charge in [-0.25, -0.2) is 9.97 Å². The van der Waals surface area contributed by atoms with E-state index in [1.165, 1.54) is 7.11 Å². The van der Waals surface area contributed by atoms with Crippen LogP contribution in [-0.4, -0.2) is 60.2 Å². The molecule has 1 aliphatic rings. The molecular weight excluding hydrogens is 260 g/mol. The Balaban J connectivity index is 2.00. The Labute approximate surface area is 118 Å². The number of rotatable bonds is 4. The average Bonchev–Trinajstić information content (AvgIpc) is 2.47. The maximum absolute atomic E-state index is 11.9. The molecule has 1 amide bonds. The number of ether oxygens (including phenoxy) is 2. The molecule has 0 aliphatic carbocycles. The molecule has 2 heterocycles. The van der Waals surface area contributed by atoms with Crippen LogP contribution in [0.1, 0.15) is 12.5 Å². The molecule has 7 nitrogen and oxygen atoms in total. The van der Waals surface area contributed by atoms with Gasteiger partial charge in [0.05, 0.1) is 13.7 Å². The quantitative estimate of drug-likeness (QED) is 0.824. The Bertz CT molecular complexity index is 465. The van der Waals surface area contributed by atoms with Crippen molar-refractivity contribution in [3.8, 4) is 6.01 Å². The molecule has 1 aliphatic heterocycles. The van der Waals surface area contributed by atoms with Crippen LogP contribution in [0, 0.1) is 0 Å². The second-order valence-electron chi connectivity index (χ2n) is 4.95. The third-order valence-corrected chi connectivity index (χ3v) is 3.33. The molecule has 1 atom stereocenters. The summed E-state index contributed by atoms with van der Waals surface area (Å²) in [6.45, 7) is 4.33. The summed E-state index contributed by atoms with van der Waals surface area (Å²) in [6, 6.07) is 0.353. The first-order chi connectivity index (χ1) is 9.57. The summed E-state index contributed by atoms with van der Waals surface area (Å²) in [6.07, 6.45) is 3.47. The van der Waals surface area contributed by atoms with Crippen molar-refractivity contribution in [2.45, 2.75) is 19.1 Å². The minimum atomic E-state index is -0.805. The van der Waals surface area contributed by atoms with E-state index in [1.54, 1.807) is 19.4 Å². The van der Waals surface area contributed by atoms with Crippen molar-refractivity contribution >= 4 is 5.91 Å². The van der Waals surface area contributed by atoms with Crippen LogP contribution in [0.4, 0.5) is 0 Å². The van der Waals surface area contributed by atoms with Crippen LogP contribution in [0.25, 0.3) is 0 Å². The number of hydrogen-bond donors (Lipinski definition) is 1. The number of amides is 1. The van der Waals surface area contributed by atoms with Crippen molar-refractivity contribution in [1.82, 2.24) is 20.2 Å². The van der Waals surface area contributed by atoms with Gasteiger partial charge in [-0.3, -0.25) is 9.69 Å². The third-order valence-electron chi connectivity index (χ3n) is 3.33. The van der Waals surface area contributed by atoms with Crippen LogP contribution >= 0.6 is 0 Å². The number of aromatic nitrogens is 2. The summed E-state index contributed by atoms with van der Waals surface area (Å²) >= 11 is 0. The zero-order valence-electron chi connectivity index (χ0n) is 12.0. The second kappa shape index (κ2) is 6.15. The van der Waals surface area contributed by atoms with E-state index in [0.29, 0.717) is 25.7 Å². The average molecular weight is 280 g/mol. The Hall–Kier alpha value is -1.73. The molecule has 2 rings (SSSR count). The summed E-state index contributed by atoms with van der Waals surface area (Å²) < 4.78 is 10.5. The number of hydrogen-bond acceptors (Lipinski definition) is 6. The Morgan fingerprint density at radius 1 is 1.55 bits per heavy atom. The fourth-order valence-electron chi connectivity index (χ4n) is 2.28. The zero-order chi connectivity index (χ0) is 14.6. The highest BCUT2D eigenvalue weighted by Gasteiger charge is 2.38. The Kier molecular flexibility index (Phi) is 4.51. The van der Waals surface area contributed by atoms with Gasteiger partial charge < -0.3 is 14.8 Å². The zero-order valence-corrected chi connectivity index (χ0v) is 12.0. The van der Waals surface area contributed by atoms with E-state index in [9.17, 15) is 4.79 Å². The predicted molar refractivity (Wildman–Crippen MR) is 72.3 cm³/mol. The molecule has 20 heavy (non-hydrogen) atoms. The molecule has 0 radical (unpaired) electrons. The van der Waals surface area contributed by atoms with Crippen LogP contribution < -0.4 is 10.1 Å². The molecular formula is C13H20N4O3. The molecule has 0 bridgehead atoms. The van der Waals surface area contributed by atoms with Crippen LogP contribution in [0.15, 0.2) is 12.4 Å². The van der Waals surface area contributed by atoms with Gasteiger partial charge in [0.1, 0.15) is 0 Å². The molecule has 0 saturated carbocycles. The molecule has 1 saturated heterocycles. The van der Waals surface area contributed by atoms with Crippen molar-refractivity contribution in [3.63, 3.8) is 0 Å². The highest BCUT2D eigenvalue weighted by Crippen LogP contribution is 2.19. The van der Waals surface area contributed by atoms with E-state index in [4.69, 9.17) is 9.47 Å². The maximum Gasteiger partial charge on any atom is 0.316 e. The smallest absolute Gasteiger partial charge is 0.316 e. The molecule has 1 fully saturated rings. The van der Waals surface area contributed by atoms with Crippen molar-refractivity contribution in [2.24, 2.45) is 0 Å². The van der Waals surface area contributed by atoms with E-state index in [2.05, 4.69) is 20.2 Å². The minimum Gasteiger partial charge on any atom is -0.467 e. The first-order valence-corrected chi connectivity index (χ1v) is 6.51. The minimum absolute atomic E-state index is 0.104.